The van der Waals surface area contributed by atoms with Crippen molar-refractivity contribution < 1.29 is 18.7 Å². The molecule has 0 spiro atoms. The molecule has 23 heavy (non-hydrogen) atoms. The molecule has 10 heteroatoms. The first kappa shape index (κ1) is 17.2. The third-order valence-electron chi connectivity index (χ3n) is 2.33. The number of aromatic nitrogens is 2. The van der Waals surface area contributed by atoms with E-state index in [2.05, 4.69) is 25.6 Å². The molecular formula is C13H13FN4O3S2. The summed E-state index contributed by atoms with van der Waals surface area (Å²) in [7, 11) is 0. The van der Waals surface area contributed by atoms with Gasteiger partial charge < -0.3 is 10.1 Å². The first-order chi connectivity index (χ1) is 11.1. The predicted octanol–water partition coefficient (Wildman–Crippen LogP) is 2.79. The Labute approximate surface area is 139 Å². The lowest BCUT2D eigenvalue weighted by atomic mass is 10.3. The monoisotopic (exact) mass is 356 g/mol. The molecule has 2 rings (SSSR count). The van der Waals surface area contributed by atoms with Gasteiger partial charge in [0.25, 0.3) is 0 Å². The van der Waals surface area contributed by atoms with E-state index in [-0.39, 0.29) is 18.2 Å². The predicted molar refractivity (Wildman–Crippen MR) is 85.5 cm³/mol. The molecule has 0 aliphatic carbocycles. The Morgan fingerprint density at radius 2 is 2.22 bits per heavy atom. The van der Waals surface area contributed by atoms with Crippen molar-refractivity contribution in [1.29, 1.82) is 0 Å². The highest BCUT2D eigenvalue weighted by atomic mass is 32.2. The summed E-state index contributed by atoms with van der Waals surface area (Å²) in [4.78, 5) is 22.6. The van der Waals surface area contributed by atoms with Crippen molar-refractivity contribution >= 4 is 45.9 Å². The standard InChI is InChI=1S/C13H13FN4O3S2/c1-2-21-12(20)16-10(19)7-22-13-18-17-11(23-13)15-9-5-3-4-8(14)6-9/h3-6H,2,7H2,1H3,(H,15,17)(H,16,19,20). The number of benzene rings is 1. The number of nitrogens with zero attached hydrogens (tertiary/aromatic N) is 2. The zero-order chi connectivity index (χ0) is 16.7. The van der Waals surface area contributed by atoms with Gasteiger partial charge in [0, 0.05) is 5.69 Å². The van der Waals surface area contributed by atoms with E-state index in [4.69, 9.17) is 0 Å². The summed E-state index contributed by atoms with van der Waals surface area (Å²) < 4.78 is 18.2. The zero-order valence-electron chi connectivity index (χ0n) is 12.0. The number of hydrogen-bond donors (Lipinski definition) is 2. The van der Waals surface area contributed by atoms with Crippen LogP contribution in [0.2, 0.25) is 0 Å². The van der Waals surface area contributed by atoms with Crippen LogP contribution in [-0.2, 0) is 9.53 Å². The van der Waals surface area contributed by atoms with E-state index in [1.807, 2.05) is 0 Å². The summed E-state index contributed by atoms with van der Waals surface area (Å²) in [5.74, 6) is -0.832. The van der Waals surface area contributed by atoms with Gasteiger partial charge in [0.1, 0.15) is 5.82 Å². The Hall–Kier alpha value is -2.20. The van der Waals surface area contributed by atoms with E-state index in [9.17, 15) is 14.0 Å². The van der Waals surface area contributed by atoms with Gasteiger partial charge in [-0.3, -0.25) is 10.1 Å². The Balaban J connectivity index is 1.83. The maximum atomic E-state index is 13.1. The molecule has 7 nitrogen and oxygen atoms in total. The van der Waals surface area contributed by atoms with E-state index in [0.717, 1.165) is 11.8 Å². The summed E-state index contributed by atoms with van der Waals surface area (Å²) in [5, 5.41) is 13.3. The van der Waals surface area contributed by atoms with Crippen molar-refractivity contribution in [3.63, 3.8) is 0 Å². The number of halogens is 1. The fourth-order valence-corrected chi connectivity index (χ4v) is 3.02. The van der Waals surface area contributed by atoms with Crippen molar-refractivity contribution in [3.05, 3.63) is 30.1 Å². The minimum absolute atomic E-state index is 0.00735. The lowest BCUT2D eigenvalue weighted by molar-refractivity contribution is -0.117. The van der Waals surface area contributed by atoms with Gasteiger partial charge in [-0.2, -0.15) is 0 Å². The number of ether oxygens (including phenoxy) is 1. The van der Waals surface area contributed by atoms with Gasteiger partial charge in [0.15, 0.2) is 4.34 Å². The number of hydrogen-bond acceptors (Lipinski definition) is 8. The van der Waals surface area contributed by atoms with E-state index < -0.39 is 12.0 Å². The molecule has 0 saturated heterocycles. The number of carbonyl (C=O) groups is 2. The summed E-state index contributed by atoms with van der Waals surface area (Å²) in [6.45, 7) is 1.84. The molecule has 0 unspecified atom stereocenters. The molecule has 122 valence electrons. The minimum Gasteiger partial charge on any atom is -0.450 e. The highest BCUT2D eigenvalue weighted by Gasteiger charge is 2.11. The molecule has 0 atom stereocenters. The van der Waals surface area contributed by atoms with Crippen LogP contribution in [0.4, 0.5) is 20.0 Å². The first-order valence-corrected chi connectivity index (χ1v) is 8.32. The summed E-state index contributed by atoms with van der Waals surface area (Å²) in [6, 6.07) is 5.95. The van der Waals surface area contributed by atoms with Crippen LogP contribution >= 0.6 is 23.1 Å². The van der Waals surface area contributed by atoms with Gasteiger partial charge in [0.2, 0.25) is 11.0 Å². The normalized spacial score (nSPS) is 10.2. The van der Waals surface area contributed by atoms with Crippen molar-refractivity contribution in [2.45, 2.75) is 11.3 Å². The third-order valence-corrected chi connectivity index (χ3v) is 4.30. The molecule has 0 saturated carbocycles. The van der Waals surface area contributed by atoms with Crippen LogP contribution < -0.4 is 10.6 Å². The van der Waals surface area contributed by atoms with Gasteiger partial charge in [-0.05, 0) is 25.1 Å². The van der Waals surface area contributed by atoms with Gasteiger partial charge >= 0.3 is 6.09 Å². The van der Waals surface area contributed by atoms with Crippen LogP contribution in [0.25, 0.3) is 0 Å². The molecule has 0 aliphatic rings. The van der Waals surface area contributed by atoms with Crippen LogP contribution in [0.1, 0.15) is 6.92 Å². The van der Waals surface area contributed by atoms with Gasteiger partial charge in [-0.25, -0.2) is 9.18 Å². The minimum atomic E-state index is -0.774. The smallest absolute Gasteiger partial charge is 0.413 e. The lowest BCUT2D eigenvalue weighted by Gasteiger charge is -2.02. The molecule has 0 aliphatic heterocycles. The number of amides is 2. The number of anilines is 2. The maximum absolute atomic E-state index is 13.1. The zero-order valence-corrected chi connectivity index (χ0v) is 13.7. The maximum Gasteiger partial charge on any atom is 0.413 e. The fraction of sp³-hybridized carbons (Fsp3) is 0.231. The summed E-state index contributed by atoms with van der Waals surface area (Å²) >= 11 is 2.35. The molecule has 0 radical (unpaired) electrons. The molecule has 2 amide bonds. The summed E-state index contributed by atoms with van der Waals surface area (Å²) in [6.07, 6.45) is -0.774. The molecular weight excluding hydrogens is 343 g/mol. The number of imide groups is 1. The number of carbonyl (C=O) groups excluding carboxylic acids is 2. The molecule has 1 heterocycles. The SMILES string of the molecule is CCOC(=O)NC(=O)CSc1nnc(Nc2cccc(F)c2)s1. The second-order valence-corrected chi connectivity index (χ2v) is 6.27. The Morgan fingerprint density at radius 3 is 2.96 bits per heavy atom. The van der Waals surface area contributed by atoms with Crippen LogP contribution in [0.15, 0.2) is 28.6 Å². The highest BCUT2D eigenvalue weighted by molar-refractivity contribution is 8.01. The average molecular weight is 356 g/mol. The number of rotatable bonds is 6. The van der Waals surface area contributed by atoms with Gasteiger partial charge in [0.05, 0.1) is 12.4 Å². The molecule has 1 aromatic heterocycles. The van der Waals surface area contributed by atoms with Gasteiger partial charge in [-0.15, -0.1) is 10.2 Å². The number of nitrogens with one attached hydrogen (secondary N) is 2. The Kier molecular flexibility index (Phi) is 6.29. The van der Waals surface area contributed by atoms with Crippen molar-refractivity contribution in [1.82, 2.24) is 15.5 Å². The topological polar surface area (TPSA) is 93.2 Å². The van der Waals surface area contributed by atoms with Crippen LogP contribution in [0.3, 0.4) is 0 Å². The number of alkyl carbamates (subject to hydrolysis) is 1. The highest BCUT2D eigenvalue weighted by Crippen LogP contribution is 2.27. The average Bonchev–Trinajstić information content (AvgIpc) is 2.93. The van der Waals surface area contributed by atoms with Crippen molar-refractivity contribution in [2.24, 2.45) is 0 Å². The molecule has 2 N–H and O–H groups in total. The van der Waals surface area contributed by atoms with Gasteiger partial charge in [-0.1, -0.05) is 29.2 Å². The second-order valence-electron chi connectivity index (χ2n) is 4.07. The Morgan fingerprint density at radius 1 is 1.39 bits per heavy atom. The Bertz CT molecular complexity index is 695. The van der Waals surface area contributed by atoms with Crippen LogP contribution in [0, 0.1) is 5.82 Å². The van der Waals surface area contributed by atoms with Crippen molar-refractivity contribution in [2.75, 3.05) is 17.7 Å². The molecule has 0 fully saturated rings. The van der Waals surface area contributed by atoms with Crippen LogP contribution in [0.5, 0.6) is 0 Å². The van der Waals surface area contributed by atoms with Crippen LogP contribution in [-0.4, -0.2) is 34.6 Å². The van der Waals surface area contributed by atoms with E-state index >= 15 is 0 Å². The summed E-state index contributed by atoms with van der Waals surface area (Å²) in [5.41, 5.74) is 0.553. The molecule has 2 aromatic rings. The first-order valence-electron chi connectivity index (χ1n) is 6.52. The van der Waals surface area contributed by atoms with E-state index in [0.29, 0.717) is 15.2 Å². The molecule has 0 bridgehead atoms. The number of thioether (sulfide) groups is 1. The quantitative estimate of drug-likeness (QED) is 0.769. The van der Waals surface area contributed by atoms with E-state index in [1.54, 1.807) is 19.1 Å². The fourth-order valence-electron chi connectivity index (χ4n) is 1.45. The largest absolute Gasteiger partial charge is 0.450 e. The van der Waals surface area contributed by atoms with E-state index in [1.165, 1.54) is 23.5 Å². The second kappa shape index (κ2) is 8.44. The van der Waals surface area contributed by atoms with Crippen molar-refractivity contribution in [3.8, 4) is 0 Å². The lowest BCUT2D eigenvalue weighted by Crippen LogP contribution is -2.32. The molecule has 1 aromatic carbocycles. The third kappa shape index (κ3) is 5.83.